The molecule has 0 amide bonds. The molecule has 4 heteroatoms. The Morgan fingerprint density at radius 1 is 1.10 bits per heavy atom. The molecule has 0 aromatic heterocycles. The summed E-state index contributed by atoms with van der Waals surface area (Å²) in [4.78, 5) is 14.2. The third-order valence-electron chi connectivity index (χ3n) is 5.57. The van der Waals surface area contributed by atoms with E-state index in [9.17, 15) is 9.90 Å². The van der Waals surface area contributed by atoms with Crippen molar-refractivity contribution in [2.45, 2.75) is 57.8 Å². The highest BCUT2D eigenvalue weighted by atomic mass is 35.5. The largest absolute Gasteiger partial charge is 0.512 e. The highest BCUT2D eigenvalue weighted by molar-refractivity contribution is 7.99. The quantitative estimate of drug-likeness (QED) is 0.473. The highest BCUT2D eigenvalue weighted by Crippen LogP contribution is 2.38. The molecular formula is C25H29ClO2S. The van der Waals surface area contributed by atoms with Gasteiger partial charge >= 0.3 is 0 Å². The molecule has 0 bridgehead atoms. The minimum Gasteiger partial charge on any atom is -0.512 e. The fraction of sp³-hybridized carbons (Fsp3) is 0.400. The molecular weight excluding hydrogens is 400 g/mol. The number of hydrogen-bond donors (Lipinski definition) is 1. The van der Waals surface area contributed by atoms with Crippen molar-refractivity contribution < 1.29 is 9.90 Å². The molecule has 0 spiro atoms. The van der Waals surface area contributed by atoms with Crippen LogP contribution < -0.4 is 0 Å². The summed E-state index contributed by atoms with van der Waals surface area (Å²) in [6.07, 6.45) is 3.70. The summed E-state index contributed by atoms with van der Waals surface area (Å²) in [6.45, 7) is 6.31. The molecule has 1 unspecified atom stereocenters. The zero-order chi connectivity index (χ0) is 21.0. The molecule has 1 aliphatic carbocycles. The Kier molecular flexibility index (Phi) is 7.48. The van der Waals surface area contributed by atoms with E-state index in [4.69, 9.17) is 11.6 Å². The number of carbonyl (C=O) groups excluding carboxylic acids is 1. The Morgan fingerprint density at radius 2 is 1.79 bits per heavy atom. The van der Waals surface area contributed by atoms with E-state index in [0.717, 1.165) is 51.6 Å². The maximum absolute atomic E-state index is 13.1. The summed E-state index contributed by atoms with van der Waals surface area (Å²) in [7, 11) is 0. The first-order valence-corrected chi connectivity index (χ1v) is 11.8. The second-order valence-corrected chi connectivity index (χ2v) is 9.38. The van der Waals surface area contributed by atoms with Crippen LogP contribution in [0.25, 0.3) is 5.57 Å². The summed E-state index contributed by atoms with van der Waals surface area (Å²) in [5.41, 5.74) is 5.08. The first kappa shape index (κ1) is 22.0. The van der Waals surface area contributed by atoms with Gasteiger partial charge in [-0.3, -0.25) is 4.79 Å². The Bertz CT molecular complexity index is 907. The van der Waals surface area contributed by atoms with Gasteiger partial charge in [-0.15, -0.1) is 11.8 Å². The maximum Gasteiger partial charge on any atom is 0.167 e. The van der Waals surface area contributed by atoms with Crippen molar-refractivity contribution >= 4 is 34.7 Å². The van der Waals surface area contributed by atoms with Gasteiger partial charge < -0.3 is 5.11 Å². The lowest BCUT2D eigenvalue weighted by Gasteiger charge is -2.26. The van der Waals surface area contributed by atoms with E-state index in [0.29, 0.717) is 18.4 Å². The van der Waals surface area contributed by atoms with E-state index in [1.165, 1.54) is 5.56 Å². The smallest absolute Gasteiger partial charge is 0.167 e. The number of aryl methyl sites for hydroxylation is 3. The van der Waals surface area contributed by atoms with Crippen LogP contribution in [0.3, 0.4) is 0 Å². The zero-order valence-electron chi connectivity index (χ0n) is 17.4. The molecule has 0 aliphatic heterocycles. The van der Waals surface area contributed by atoms with Crippen LogP contribution in [0.5, 0.6) is 0 Å². The summed E-state index contributed by atoms with van der Waals surface area (Å²) in [5.74, 6) is 1.46. The predicted molar refractivity (Wildman–Crippen MR) is 124 cm³/mol. The number of allylic oxidation sites excluding steroid dienone is 2. The molecule has 2 aromatic rings. The number of rotatable bonds is 7. The van der Waals surface area contributed by atoms with E-state index in [1.54, 1.807) is 11.8 Å². The van der Waals surface area contributed by atoms with E-state index < -0.39 is 0 Å². The number of halogens is 1. The minimum atomic E-state index is 0.0831. The van der Waals surface area contributed by atoms with Crippen LogP contribution in [0.2, 0.25) is 5.02 Å². The maximum atomic E-state index is 13.1. The number of Topliss-reactive ketones (excluding diaryl/α,β-unsaturated/α-hetero) is 1. The van der Waals surface area contributed by atoms with Gasteiger partial charge in [0, 0.05) is 22.8 Å². The van der Waals surface area contributed by atoms with Gasteiger partial charge in [0.15, 0.2) is 5.78 Å². The first-order chi connectivity index (χ1) is 13.9. The molecule has 0 radical (unpaired) electrons. The van der Waals surface area contributed by atoms with Crippen LogP contribution in [0.4, 0.5) is 0 Å². The monoisotopic (exact) mass is 428 g/mol. The van der Waals surface area contributed by atoms with E-state index in [1.807, 2.05) is 24.3 Å². The van der Waals surface area contributed by atoms with Crippen LogP contribution in [0.1, 0.15) is 55.4 Å². The predicted octanol–water partition coefficient (Wildman–Crippen LogP) is 7.20. The third-order valence-corrected chi connectivity index (χ3v) is 6.83. The normalized spacial score (nSPS) is 17.1. The van der Waals surface area contributed by atoms with Crippen LogP contribution in [0, 0.1) is 12.8 Å². The molecule has 0 heterocycles. The molecule has 1 N–H and O–H groups in total. The van der Waals surface area contributed by atoms with Gasteiger partial charge in [0.2, 0.25) is 0 Å². The number of aliphatic hydroxyl groups excluding tert-OH is 1. The Labute approximate surface area is 183 Å². The molecule has 0 saturated heterocycles. The Hall–Kier alpha value is -1.71. The zero-order valence-corrected chi connectivity index (χ0v) is 19.0. The Morgan fingerprint density at radius 3 is 2.38 bits per heavy atom. The standard InChI is InChI=1S/C25H29ClO2S/c1-4-18-11-16(3)12-19(5-2)24(18)25-22(27)13-17(14-23(25)28)9-10-29-21-8-6-7-20(26)15-21/h6-8,11-12,15,17,27H,4-5,9-10,13-14H2,1-3H3. The minimum absolute atomic E-state index is 0.0831. The summed E-state index contributed by atoms with van der Waals surface area (Å²) in [5, 5.41) is 11.6. The highest BCUT2D eigenvalue weighted by Gasteiger charge is 2.30. The lowest BCUT2D eigenvalue weighted by Crippen LogP contribution is -2.21. The molecule has 29 heavy (non-hydrogen) atoms. The first-order valence-electron chi connectivity index (χ1n) is 10.4. The van der Waals surface area contributed by atoms with E-state index >= 15 is 0 Å². The average molecular weight is 429 g/mol. The summed E-state index contributed by atoms with van der Waals surface area (Å²) in [6, 6.07) is 12.1. The molecule has 2 aromatic carbocycles. The van der Waals surface area contributed by atoms with Crippen LogP contribution in [0.15, 0.2) is 47.1 Å². The summed E-state index contributed by atoms with van der Waals surface area (Å²) >= 11 is 7.80. The fourth-order valence-electron chi connectivity index (χ4n) is 4.18. The van der Waals surface area contributed by atoms with Crippen LogP contribution >= 0.6 is 23.4 Å². The van der Waals surface area contributed by atoms with Crippen molar-refractivity contribution in [2.75, 3.05) is 5.75 Å². The van der Waals surface area contributed by atoms with Gasteiger partial charge in [-0.05, 0) is 72.7 Å². The van der Waals surface area contributed by atoms with Gasteiger partial charge in [-0.1, -0.05) is 49.2 Å². The van der Waals surface area contributed by atoms with Crippen LogP contribution in [-0.2, 0) is 17.6 Å². The van der Waals surface area contributed by atoms with Gasteiger partial charge in [0.05, 0.1) is 5.57 Å². The van der Waals surface area contributed by atoms with Gasteiger partial charge in [-0.2, -0.15) is 0 Å². The van der Waals surface area contributed by atoms with Gasteiger partial charge in [0.1, 0.15) is 5.76 Å². The SMILES string of the molecule is CCc1cc(C)cc(CC)c1C1=C(O)CC(CCSc2cccc(Cl)c2)CC1=O. The molecule has 1 atom stereocenters. The van der Waals surface area contributed by atoms with Gasteiger partial charge in [-0.25, -0.2) is 0 Å². The lowest BCUT2D eigenvalue weighted by molar-refractivity contribution is -0.115. The average Bonchev–Trinajstić information content (AvgIpc) is 2.68. The molecule has 3 rings (SSSR count). The second kappa shape index (κ2) is 9.86. The third kappa shape index (κ3) is 5.26. The number of aliphatic hydroxyl groups is 1. The van der Waals surface area contributed by atoms with Crippen molar-refractivity contribution in [3.05, 3.63) is 69.4 Å². The molecule has 1 aliphatic rings. The van der Waals surface area contributed by atoms with Crippen LogP contribution in [-0.4, -0.2) is 16.6 Å². The molecule has 0 fully saturated rings. The lowest BCUT2D eigenvalue weighted by atomic mass is 9.79. The topological polar surface area (TPSA) is 37.3 Å². The molecule has 154 valence electrons. The molecule has 0 saturated carbocycles. The number of hydrogen-bond acceptors (Lipinski definition) is 3. The van der Waals surface area contributed by atoms with Crippen molar-refractivity contribution in [1.82, 2.24) is 0 Å². The van der Waals surface area contributed by atoms with E-state index in [-0.39, 0.29) is 17.5 Å². The fourth-order valence-corrected chi connectivity index (χ4v) is 5.51. The molecule has 2 nitrogen and oxygen atoms in total. The Balaban J connectivity index is 1.76. The second-order valence-electron chi connectivity index (χ2n) is 7.78. The van der Waals surface area contributed by atoms with Crippen molar-refractivity contribution in [3.63, 3.8) is 0 Å². The number of thioether (sulfide) groups is 1. The number of carbonyl (C=O) groups is 1. The number of benzene rings is 2. The van der Waals surface area contributed by atoms with Crippen molar-refractivity contribution in [2.24, 2.45) is 5.92 Å². The summed E-state index contributed by atoms with van der Waals surface area (Å²) < 4.78 is 0. The van der Waals surface area contributed by atoms with Gasteiger partial charge in [0.25, 0.3) is 0 Å². The van der Waals surface area contributed by atoms with Crippen molar-refractivity contribution in [3.8, 4) is 0 Å². The van der Waals surface area contributed by atoms with E-state index in [2.05, 4.69) is 32.9 Å². The number of ketones is 1. The van der Waals surface area contributed by atoms with Crippen molar-refractivity contribution in [1.29, 1.82) is 0 Å².